The molecule has 0 aromatic carbocycles. The Morgan fingerprint density at radius 1 is 1.33 bits per heavy atom. The zero-order valence-electron chi connectivity index (χ0n) is 7.76. The Balaban J connectivity index is 2.71. The van der Waals surface area contributed by atoms with Gasteiger partial charge < -0.3 is 15.1 Å². The van der Waals surface area contributed by atoms with Gasteiger partial charge in [-0.05, 0) is 11.6 Å². The Morgan fingerprint density at radius 2 is 1.93 bits per heavy atom. The highest BCUT2D eigenvalue weighted by molar-refractivity contribution is 7.17. The molecule has 0 bridgehead atoms. The number of carbonyl (C=O) groups is 1. The summed E-state index contributed by atoms with van der Waals surface area (Å²) >= 11 is 6.50. The van der Waals surface area contributed by atoms with Crippen LogP contribution in [-0.4, -0.2) is 57.5 Å². The number of aliphatic hydroxyl groups is 2. The Hall–Kier alpha value is -0.760. The van der Waals surface area contributed by atoms with Crippen LogP contribution in [0.3, 0.4) is 0 Å². The van der Waals surface area contributed by atoms with E-state index in [4.69, 9.17) is 21.8 Å². The van der Waals surface area contributed by atoms with Gasteiger partial charge in [0.2, 0.25) is 9.47 Å². The van der Waals surface area contributed by atoms with Crippen molar-refractivity contribution >= 4 is 28.8 Å². The van der Waals surface area contributed by atoms with Crippen LogP contribution >= 0.6 is 22.9 Å². The van der Waals surface area contributed by atoms with Gasteiger partial charge in [-0.15, -0.1) is 10.2 Å². The molecule has 1 aromatic rings. The van der Waals surface area contributed by atoms with E-state index in [9.17, 15) is 4.79 Å². The van der Waals surface area contributed by atoms with E-state index in [1.807, 2.05) is 0 Å². The van der Waals surface area contributed by atoms with Crippen LogP contribution in [0.1, 0.15) is 9.80 Å². The van der Waals surface area contributed by atoms with Crippen molar-refractivity contribution in [3.05, 3.63) is 9.47 Å². The number of halogens is 1. The topological polar surface area (TPSA) is 86.6 Å². The summed E-state index contributed by atoms with van der Waals surface area (Å²) < 4.78 is 0.186. The van der Waals surface area contributed by atoms with Gasteiger partial charge in [0.25, 0.3) is 5.91 Å². The molecule has 0 aliphatic heterocycles. The van der Waals surface area contributed by atoms with Crippen molar-refractivity contribution in [2.75, 3.05) is 26.3 Å². The van der Waals surface area contributed by atoms with E-state index in [0.717, 1.165) is 11.3 Å². The number of amides is 1. The molecule has 1 aromatic heterocycles. The van der Waals surface area contributed by atoms with Gasteiger partial charge >= 0.3 is 0 Å². The van der Waals surface area contributed by atoms with Crippen LogP contribution in [0.5, 0.6) is 0 Å². The minimum Gasteiger partial charge on any atom is -0.395 e. The molecule has 0 fully saturated rings. The molecular weight excluding hydrogens is 242 g/mol. The van der Waals surface area contributed by atoms with Crippen LogP contribution in [-0.2, 0) is 0 Å². The smallest absolute Gasteiger partial charge is 0.285 e. The lowest BCUT2D eigenvalue weighted by Crippen LogP contribution is -2.35. The maximum absolute atomic E-state index is 11.7. The van der Waals surface area contributed by atoms with Crippen molar-refractivity contribution in [1.82, 2.24) is 15.1 Å². The standard InChI is InChI=1S/C7H10ClN3O3S/c8-7-10-9-5(15-7)6(14)11(1-3-12)2-4-13/h12-13H,1-4H2. The number of carbonyl (C=O) groups excluding carboxylic acids is 1. The number of nitrogens with zero attached hydrogens (tertiary/aromatic N) is 3. The molecular formula is C7H10ClN3O3S. The summed E-state index contributed by atoms with van der Waals surface area (Å²) in [5, 5.41) is 24.7. The third-order valence-corrected chi connectivity index (χ3v) is 2.62. The summed E-state index contributed by atoms with van der Waals surface area (Å²) in [7, 11) is 0. The molecule has 0 atom stereocenters. The van der Waals surface area contributed by atoms with Crippen LogP contribution in [0.25, 0.3) is 0 Å². The lowest BCUT2D eigenvalue weighted by molar-refractivity contribution is 0.0683. The van der Waals surface area contributed by atoms with Crippen molar-refractivity contribution in [3.63, 3.8) is 0 Å². The van der Waals surface area contributed by atoms with Gasteiger partial charge in [0, 0.05) is 13.1 Å². The lowest BCUT2D eigenvalue weighted by atomic mass is 10.4. The third kappa shape index (κ3) is 3.38. The van der Waals surface area contributed by atoms with Crippen LogP contribution in [0.2, 0.25) is 4.47 Å². The van der Waals surface area contributed by atoms with Gasteiger partial charge in [0.1, 0.15) is 0 Å². The molecule has 0 aliphatic rings. The first-order chi connectivity index (χ1) is 7.19. The first-order valence-electron chi connectivity index (χ1n) is 4.19. The number of hydrogen-bond acceptors (Lipinski definition) is 6. The van der Waals surface area contributed by atoms with E-state index >= 15 is 0 Å². The molecule has 1 amide bonds. The molecule has 0 radical (unpaired) electrons. The summed E-state index contributed by atoms with van der Waals surface area (Å²) in [4.78, 5) is 13.0. The predicted molar refractivity (Wildman–Crippen MR) is 55.0 cm³/mol. The molecule has 0 aliphatic carbocycles. The second-order valence-electron chi connectivity index (χ2n) is 2.60. The van der Waals surface area contributed by atoms with E-state index in [-0.39, 0.29) is 41.7 Å². The lowest BCUT2D eigenvalue weighted by Gasteiger charge is -2.18. The molecule has 84 valence electrons. The van der Waals surface area contributed by atoms with Gasteiger partial charge in [0.05, 0.1) is 13.2 Å². The van der Waals surface area contributed by atoms with Crippen LogP contribution < -0.4 is 0 Å². The minimum atomic E-state index is -0.387. The summed E-state index contributed by atoms with van der Waals surface area (Å²) in [6, 6.07) is 0. The number of aliphatic hydroxyl groups excluding tert-OH is 2. The number of aromatic nitrogens is 2. The first-order valence-corrected chi connectivity index (χ1v) is 5.38. The molecule has 2 N–H and O–H groups in total. The third-order valence-electron chi connectivity index (χ3n) is 1.61. The summed E-state index contributed by atoms with van der Waals surface area (Å²) in [5.74, 6) is -0.387. The van der Waals surface area contributed by atoms with Crippen molar-refractivity contribution in [2.24, 2.45) is 0 Å². The Kier molecular flexibility index (Phi) is 4.89. The molecule has 0 saturated heterocycles. The first kappa shape index (κ1) is 12.3. The van der Waals surface area contributed by atoms with E-state index in [0.29, 0.717) is 0 Å². The van der Waals surface area contributed by atoms with Crippen molar-refractivity contribution in [2.45, 2.75) is 0 Å². The quantitative estimate of drug-likeness (QED) is 0.745. The fraction of sp³-hybridized carbons (Fsp3) is 0.571. The van der Waals surface area contributed by atoms with Gasteiger partial charge in [-0.3, -0.25) is 4.79 Å². The fourth-order valence-corrected chi connectivity index (χ4v) is 1.78. The van der Waals surface area contributed by atoms with Crippen molar-refractivity contribution in [3.8, 4) is 0 Å². The Morgan fingerprint density at radius 3 is 2.33 bits per heavy atom. The zero-order chi connectivity index (χ0) is 11.3. The van der Waals surface area contributed by atoms with Crippen molar-refractivity contribution in [1.29, 1.82) is 0 Å². The highest BCUT2D eigenvalue weighted by atomic mass is 35.5. The summed E-state index contributed by atoms with van der Waals surface area (Å²) in [6.07, 6.45) is 0. The molecule has 0 saturated carbocycles. The second kappa shape index (κ2) is 5.96. The average molecular weight is 252 g/mol. The van der Waals surface area contributed by atoms with Crippen LogP contribution in [0.15, 0.2) is 0 Å². The largest absolute Gasteiger partial charge is 0.395 e. The minimum absolute atomic E-state index is 0.149. The summed E-state index contributed by atoms with van der Waals surface area (Å²) in [5.41, 5.74) is 0. The molecule has 6 nitrogen and oxygen atoms in total. The molecule has 8 heteroatoms. The van der Waals surface area contributed by atoms with E-state index in [1.54, 1.807) is 0 Å². The SMILES string of the molecule is O=C(c1nnc(Cl)s1)N(CCO)CCO. The number of hydrogen-bond donors (Lipinski definition) is 2. The Bertz CT molecular complexity index is 327. The molecule has 0 spiro atoms. The van der Waals surface area contributed by atoms with Gasteiger partial charge in [0.15, 0.2) is 0 Å². The predicted octanol–water partition coefficient (Wildman–Crippen LogP) is -0.382. The Labute approximate surface area is 95.1 Å². The highest BCUT2D eigenvalue weighted by Gasteiger charge is 2.18. The maximum atomic E-state index is 11.7. The second-order valence-corrected chi connectivity index (χ2v) is 4.16. The number of rotatable bonds is 5. The normalized spacial score (nSPS) is 10.3. The van der Waals surface area contributed by atoms with Gasteiger partial charge in [-0.2, -0.15) is 0 Å². The fourth-order valence-electron chi connectivity index (χ4n) is 0.983. The molecule has 1 rings (SSSR count). The van der Waals surface area contributed by atoms with Gasteiger partial charge in [-0.1, -0.05) is 11.3 Å². The van der Waals surface area contributed by atoms with Gasteiger partial charge in [-0.25, -0.2) is 0 Å². The van der Waals surface area contributed by atoms with E-state index in [2.05, 4.69) is 10.2 Å². The highest BCUT2D eigenvalue weighted by Crippen LogP contribution is 2.16. The van der Waals surface area contributed by atoms with E-state index < -0.39 is 0 Å². The zero-order valence-corrected chi connectivity index (χ0v) is 9.33. The van der Waals surface area contributed by atoms with Crippen LogP contribution in [0, 0.1) is 0 Å². The van der Waals surface area contributed by atoms with Crippen molar-refractivity contribution < 1.29 is 15.0 Å². The summed E-state index contributed by atoms with van der Waals surface area (Å²) in [6.45, 7) is -0.0380. The molecule has 1 heterocycles. The maximum Gasteiger partial charge on any atom is 0.285 e. The molecule has 15 heavy (non-hydrogen) atoms. The van der Waals surface area contributed by atoms with E-state index in [1.165, 1.54) is 4.90 Å². The molecule has 0 unspecified atom stereocenters. The monoisotopic (exact) mass is 251 g/mol. The average Bonchev–Trinajstić information content (AvgIpc) is 2.63. The van der Waals surface area contributed by atoms with Crippen LogP contribution in [0.4, 0.5) is 0 Å².